The number of nitro benzene ring substituents is 2. The monoisotopic (exact) mass is 556 g/mol. The summed E-state index contributed by atoms with van der Waals surface area (Å²) in [6, 6.07) is 4.74. The molecule has 0 saturated heterocycles. The number of rotatable bonds is 11. The van der Waals surface area contributed by atoms with Crippen molar-refractivity contribution in [3.63, 3.8) is 0 Å². The number of likely N-dealkylation sites (N-methyl/N-ethyl adjacent to an activating group) is 4. The van der Waals surface area contributed by atoms with Gasteiger partial charge >= 0.3 is 5.69 Å². The molecular weight excluding hydrogens is 515 g/mol. The summed E-state index contributed by atoms with van der Waals surface area (Å²) in [5.41, 5.74) is 11.2. The minimum absolute atomic E-state index is 0.0143. The van der Waals surface area contributed by atoms with Crippen molar-refractivity contribution in [3.8, 4) is 11.5 Å². The van der Waals surface area contributed by atoms with Crippen molar-refractivity contribution in [2.75, 3.05) is 99.1 Å². The highest BCUT2D eigenvalue weighted by Crippen LogP contribution is 2.36. The van der Waals surface area contributed by atoms with Crippen LogP contribution < -0.4 is 31.2 Å². The average Bonchev–Trinajstić information content (AvgIpc) is 2.87. The molecule has 2 aromatic rings. The van der Waals surface area contributed by atoms with E-state index in [4.69, 9.17) is 16.2 Å². The first-order valence-electron chi connectivity index (χ1n) is 11.7. The van der Waals surface area contributed by atoms with Crippen LogP contribution >= 0.6 is 0 Å². The molecule has 0 spiro atoms. The average molecular weight is 557 g/mol. The zero-order valence-corrected chi connectivity index (χ0v) is 23.9. The number of methoxy groups -OCH3 is 2. The maximum Gasteiger partial charge on any atom is 0.307 e. The fourth-order valence-corrected chi connectivity index (χ4v) is 2.88. The number of ether oxygens (including phenoxy) is 2. The highest BCUT2D eigenvalue weighted by atomic mass is 19.1. The molecular formula is C24H41FN8O6. The fraction of sp³-hybridized carbons (Fsp3) is 0.500. The minimum Gasteiger partial charge on any atom is -0.495 e. The van der Waals surface area contributed by atoms with Crippen LogP contribution in [0.5, 0.6) is 11.5 Å². The van der Waals surface area contributed by atoms with Crippen LogP contribution in [0.1, 0.15) is 0 Å². The van der Waals surface area contributed by atoms with Gasteiger partial charge in [-0.25, -0.2) is 0 Å². The van der Waals surface area contributed by atoms with Crippen LogP contribution in [-0.4, -0.2) is 102 Å². The van der Waals surface area contributed by atoms with E-state index in [0.29, 0.717) is 18.0 Å². The van der Waals surface area contributed by atoms with Gasteiger partial charge in [-0.1, -0.05) is 0 Å². The summed E-state index contributed by atoms with van der Waals surface area (Å²) in [5, 5.41) is 24.4. The Balaban J connectivity index is 0.000000622. The molecule has 0 bridgehead atoms. The highest BCUT2D eigenvalue weighted by molar-refractivity contribution is 5.73. The van der Waals surface area contributed by atoms with Crippen molar-refractivity contribution in [3.05, 3.63) is 50.3 Å². The van der Waals surface area contributed by atoms with Crippen LogP contribution in [0.3, 0.4) is 0 Å². The van der Waals surface area contributed by atoms with Gasteiger partial charge in [0.2, 0.25) is 5.82 Å². The van der Waals surface area contributed by atoms with Crippen molar-refractivity contribution in [1.82, 2.24) is 15.1 Å². The van der Waals surface area contributed by atoms with E-state index in [0.717, 1.165) is 31.8 Å². The van der Waals surface area contributed by atoms with Gasteiger partial charge in [0.15, 0.2) is 0 Å². The van der Waals surface area contributed by atoms with Crippen LogP contribution in [0.4, 0.5) is 32.8 Å². The summed E-state index contributed by atoms with van der Waals surface area (Å²) in [6.45, 7) is 3.66. The Morgan fingerprint density at radius 3 is 1.67 bits per heavy atom. The lowest BCUT2D eigenvalue weighted by Gasteiger charge is -2.22. The van der Waals surface area contributed by atoms with Gasteiger partial charge in [-0.05, 0) is 35.2 Å². The molecule has 0 amide bonds. The van der Waals surface area contributed by atoms with Gasteiger partial charge in [-0.15, -0.1) is 0 Å². The van der Waals surface area contributed by atoms with E-state index >= 15 is 0 Å². The van der Waals surface area contributed by atoms with Gasteiger partial charge in [-0.2, -0.15) is 4.39 Å². The Kier molecular flexibility index (Phi) is 15.8. The third-order valence-corrected chi connectivity index (χ3v) is 5.12. The Hall–Kier alpha value is -3.95. The van der Waals surface area contributed by atoms with E-state index in [1.54, 1.807) is 6.07 Å². The van der Waals surface area contributed by atoms with E-state index in [-0.39, 0.29) is 22.8 Å². The number of nitrogens with zero attached hydrogens (tertiary/aromatic N) is 5. The number of nitrogens with two attached hydrogens (primary N) is 2. The van der Waals surface area contributed by atoms with Gasteiger partial charge in [0, 0.05) is 57.5 Å². The summed E-state index contributed by atoms with van der Waals surface area (Å²) in [4.78, 5) is 26.0. The summed E-state index contributed by atoms with van der Waals surface area (Å²) in [7, 11) is 14.6. The first kappa shape index (κ1) is 35.0. The molecule has 0 aliphatic carbocycles. The summed E-state index contributed by atoms with van der Waals surface area (Å²) in [5.74, 6) is -0.434. The molecule has 39 heavy (non-hydrogen) atoms. The quantitative estimate of drug-likeness (QED) is 0.209. The lowest BCUT2D eigenvalue weighted by atomic mass is 10.2. The van der Waals surface area contributed by atoms with Crippen molar-refractivity contribution in [2.24, 2.45) is 0 Å². The summed E-state index contributed by atoms with van der Waals surface area (Å²) < 4.78 is 22.7. The van der Waals surface area contributed by atoms with Crippen molar-refractivity contribution >= 4 is 28.4 Å². The Morgan fingerprint density at radius 1 is 0.821 bits per heavy atom. The van der Waals surface area contributed by atoms with Crippen molar-refractivity contribution in [1.29, 1.82) is 0 Å². The van der Waals surface area contributed by atoms with E-state index in [2.05, 4.69) is 29.0 Å². The number of hydrogen-bond donors (Lipinski definition) is 3. The molecule has 0 atom stereocenters. The number of nitro groups is 2. The maximum atomic E-state index is 12.9. The lowest BCUT2D eigenvalue weighted by Crippen LogP contribution is -2.28. The Bertz CT molecular complexity index is 1070. The Labute approximate surface area is 228 Å². The van der Waals surface area contributed by atoms with Crippen LogP contribution in [0.15, 0.2) is 24.3 Å². The van der Waals surface area contributed by atoms with Crippen LogP contribution in [0, 0.1) is 26.0 Å². The van der Waals surface area contributed by atoms with Gasteiger partial charge in [0.1, 0.15) is 17.2 Å². The number of anilines is 3. The third-order valence-electron chi connectivity index (χ3n) is 5.12. The van der Waals surface area contributed by atoms with Crippen LogP contribution in [0.25, 0.3) is 0 Å². The molecule has 0 aliphatic heterocycles. The number of nitrogens with one attached hydrogen (secondary N) is 1. The smallest absolute Gasteiger partial charge is 0.307 e. The van der Waals surface area contributed by atoms with Crippen molar-refractivity contribution in [2.45, 2.75) is 0 Å². The standard InChI is InChI=1S/C12H20N4O3.C7H7FN2O3.C5H14N2/c1-14(2)5-6-15(3)10-8-12(19-4)9(13)7-11(10)16(17)18;1-13-7-2-4(8)6(10(11)12)3-5(7)9;1-6-4-5-7(2)3/h7-8H,5-6,13H2,1-4H3;2-3H,9H2,1H3;6H,4-5H2,1-3H3. The van der Waals surface area contributed by atoms with Gasteiger partial charge in [-0.3, -0.25) is 20.2 Å². The zero-order chi connectivity index (χ0) is 30.3. The molecule has 220 valence electrons. The van der Waals surface area contributed by atoms with E-state index in [1.807, 2.05) is 38.0 Å². The molecule has 2 rings (SSSR count). The number of benzene rings is 2. The number of halogens is 1. The molecule has 0 radical (unpaired) electrons. The normalized spacial score (nSPS) is 10.2. The fourth-order valence-electron chi connectivity index (χ4n) is 2.88. The van der Waals surface area contributed by atoms with Gasteiger partial charge in [0.05, 0.1) is 35.4 Å². The molecule has 2 aromatic carbocycles. The predicted molar refractivity (Wildman–Crippen MR) is 152 cm³/mol. The Morgan fingerprint density at radius 2 is 1.28 bits per heavy atom. The van der Waals surface area contributed by atoms with Gasteiger partial charge in [0.25, 0.3) is 5.69 Å². The van der Waals surface area contributed by atoms with E-state index in [1.165, 1.54) is 20.3 Å². The molecule has 0 aromatic heterocycles. The second kappa shape index (κ2) is 17.5. The summed E-state index contributed by atoms with van der Waals surface area (Å²) in [6.07, 6.45) is 0. The highest BCUT2D eigenvalue weighted by Gasteiger charge is 2.20. The number of hydrogen-bond acceptors (Lipinski definition) is 12. The SMILES string of the molecule is CNCCN(C)C.COc1cc(F)c([N+](=O)[O-])cc1N.COc1cc(N(C)CCN(C)C)c([N+](=O)[O-])cc1N. The second-order valence-corrected chi connectivity index (χ2v) is 8.77. The van der Waals surface area contributed by atoms with E-state index in [9.17, 15) is 24.6 Å². The first-order chi connectivity index (χ1) is 18.2. The largest absolute Gasteiger partial charge is 0.495 e. The minimum atomic E-state index is -0.962. The second-order valence-electron chi connectivity index (χ2n) is 8.77. The molecule has 15 heteroatoms. The molecule has 14 nitrogen and oxygen atoms in total. The lowest BCUT2D eigenvalue weighted by molar-refractivity contribution is -0.387. The van der Waals surface area contributed by atoms with Crippen LogP contribution in [0.2, 0.25) is 0 Å². The molecule has 0 aliphatic rings. The summed E-state index contributed by atoms with van der Waals surface area (Å²) >= 11 is 0. The molecule has 5 N–H and O–H groups in total. The first-order valence-corrected chi connectivity index (χ1v) is 11.7. The predicted octanol–water partition coefficient (Wildman–Crippen LogP) is 2.28. The molecule has 0 fully saturated rings. The molecule has 0 heterocycles. The van der Waals surface area contributed by atoms with Gasteiger partial charge < -0.3 is 41.0 Å². The maximum absolute atomic E-state index is 12.9. The zero-order valence-electron chi connectivity index (χ0n) is 23.9. The van der Waals surface area contributed by atoms with Crippen molar-refractivity contribution < 1.29 is 23.7 Å². The third kappa shape index (κ3) is 12.4. The molecule has 0 unspecified atom stereocenters. The number of nitrogen functional groups attached to an aromatic ring is 2. The van der Waals surface area contributed by atoms with Crippen LogP contribution in [-0.2, 0) is 0 Å². The molecule has 0 saturated carbocycles. The topological polar surface area (TPSA) is 179 Å². The van der Waals surface area contributed by atoms with E-state index < -0.39 is 21.4 Å².